The van der Waals surface area contributed by atoms with Crippen LogP contribution in [0, 0.1) is 11.8 Å². The molecule has 124 valence electrons. The molecule has 1 aliphatic heterocycles. The van der Waals surface area contributed by atoms with Crippen molar-refractivity contribution in [3.8, 4) is 0 Å². The number of nitrogens with zero attached hydrogens (tertiary/aromatic N) is 2. The zero-order valence-corrected chi connectivity index (χ0v) is 13.7. The second-order valence-corrected chi connectivity index (χ2v) is 6.69. The summed E-state index contributed by atoms with van der Waals surface area (Å²) in [6.07, 6.45) is 2.83. The lowest BCUT2D eigenvalue weighted by molar-refractivity contribution is -0.129. The molecule has 1 aromatic rings. The van der Waals surface area contributed by atoms with Gasteiger partial charge in [0, 0.05) is 45.3 Å². The van der Waals surface area contributed by atoms with Crippen LogP contribution in [0.2, 0.25) is 0 Å². The number of benzene rings is 1. The molecule has 1 aromatic carbocycles. The molecule has 1 aliphatic carbocycles. The van der Waals surface area contributed by atoms with Crippen LogP contribution in [0.5, 0.6) is 0 Å². The summed E-state index contributed by atoms with van der Waals surface area (Å²) >= 11 is 0. The first-order valence-electron chi connectivity index (χ1n) is 8.45. The van der Waals surface area contributed by atoms with E-state index in [9.17, 15) is 9.59 Å². The molecule has 0 bridgehead atoms. The molecule has 2 aliphatic rings. The number of hydrogen-bond donors (Lipinski definition) is 1. The Balaban J connectivity index is 1.40. The van der Waals surface area contributed by atoms with Crippen LogP contribution < -0.4 is 10.2 Å². The predicted molar refractivity (Wildman–Crippen MR) is 90.1 cm³/mol. The van der Waals surface area contributed by atoms with Crippen molar-refractivity contribution < 1.29 is 9.59 Å². The maximum atomic E-state index is 12.2. The first kappa shape index (κ1) is 15.8. The van der Waals surface area contributed by atoms with Crippen LogP contribution in [0.3, 0.4) is 0 Å². The Hall–Kier alpha value is -2.04. The largest absolute Gasteiger partial charge is 0.373 e. The highest BCUT2D eigenvalue weighted by atomic mass is 16.2. The second kappa shape index (κ2) is 7.02. The normalized spacial score (nSPS) is 20.7. The van der Waals surface area contributed by atoms with E-state index in [1.54, 1.807) is 0 Å². The van der Waals surface area contributed by atoms with E-state index in [-0.39, 0.29) is 17.7 Å². The molecule has 0 unspecified atom stereocenters. The predicted octanol–water partition coefficient (Wildman–Crippen LogP) is 1.50. The molecular weight excluding hydrogens is 290 g/mol. The number of carbonyl (C=O) groups excluding carboxylic acids is 2. The third-order valence-corrected chi connectivity index (χ3v) is 4.70. The highest BCUT2D eigenvalue weighted by Crippen LogP contribution is 2.31. The summed E-state index contributed by atoms with van der Waals surface area (Å²) in [6, 6.07) is 10.1. The third-order valence-electron chi connectivity index (χ3n) is 4.70. The lowest BCUT2D eigenvalue weighted by Gasteiger charge is -2.20. The Kier molecular flexibility index (Phi) is 4.84. The summed E-state index contributed by atoms with van der Waals surface area (Å²) in [7, 11) is 2.01. The summed E-state index contributed by atoms with van der Waals surface area (Å²) in [6.45, 7) is 2.79. The smallest absolute Gasteiger partial charge is 0.225 e. The number of amides is 2. The van der Waals surface area contributed by atoms with Gasteiger partial charge >= 0.3 is 0 Å². The zero-order chi connectivity index (χ0) is 16.2. The van der Waals surface area contributed by atoms with Crippen molar-refractivity contribution in [1.29, 1.82) is 0 Å². The van der Waals surface area contributed by atoms with Gasteiger partial charge in [0.2, 0.25) is 11.8 Å². The fraction of sp³-hybridized carbons (Fsp3) is 0.556. The van der Waals surface area contributed by atoms with Gasteiger partial charge in [-0.15, -0.1) is 0 Å². The van der Waals surface area contributed by atoms with Crippen LogP contribution in [0.4, 0.5) is 5.69 Å². The van der Waals surface area contributed by atoms with Gasteiger partial charge in [-0.25, -0.2) is 0 Å². The van der Waals surface area contributed by atoms with Crippen LogP contribution in [-0.2, 0) is 9.59 Å². The standard InChI is InChI=1S/C18H25N3O2/c1-20(16-5-3-2-4-6-16)10-9-19-18(23)15-11-17(22)21(13-15)12-14-7-8-14/h2-6,14-15H,7-13H2,1H3,(H,19,23)/t15-/m1/s1. The van der Waals surface area contributed by atoms with Gasteiger partial charge < -0.3 is 15.1 Å². The molecule has 1 heterocycles. The quantitative estimate of drug-likeness (QED) is 0.829. The number of para-hydroxylation sites is 1. The topological polar surface area (TPSA) is 52.7 Å². The van der Waals surface area contributed by atoms with Crippen LogP contribution >= 0.6 is 0 Å². The lowest BCUT2D eigenvalue weighted by Crippen LogP contribution is -2.37. The Morgan fingerprint density at radius 3 is 2.74 bits per heavy atom. The third kappa shape index (κ3) is 4.24. The maximum absolute atomic E-state index is 12.2. The summed E-state index contributed by atoms with van der Waals surface area (Å²) in [4.78, 5) is 28.2. The molecule has 1 saturated carbocycles. The molecule has 23 heavy (non-hydrogen) atoms. The van der Waals surface area contributed by atoms with E-state index in [4.69, 9.17) is 0 Å². The molecular formula is C18H25N3O2. The molecule has 5 heteroatoms. The summed E-state index contributed by atoms with van der Waals surface area (Å²) < 4.78 is 0. The van der Waals surface area contributed by atoms with E-state index in [1.807, 2.05) is 42.3 Å². The van der Waals surface area contributed by atoms with E-state index < -0.39 is 0 Å². The molecule has 1 saturated heterocycles. The van der Waals surface area contributed by atoms with Crippen molar-refractivity contribution in [2.45, 2.75) is 19.3 Å². The van der Waals surface area contributed by atoms with Gasteiger partial charge in [0.25, 0.3) is 0 Å². The molecule has 5 nitrogen and oxygen atoms in total. The Morgan fingerprint density at radius 1 is 1.30 bits per heavy atom. The number of hydrogen-bond acceptors (Lipinski definition) is 3. The fourth-order valence-electron chi connectivity index (χ4n) is 3.04. The first-order chi connectivity index (χ1) is 11.1. The fourth-order valence-corrected chi connectivity index (χ4v) is 3.04. The van der Waals surface area contributed by atoms with Gasteiger partial charge in [0.15, 0.2) is 0 Å². The molecule has 1 N–H and O–H groups in total. The van der Waals surface area contributed by atoms with Crippen molar-refractivity contribution in [2.24, 2.45) is 11.8 Å². The molecule has 2 fully saturated rings. The van der Waals surface area contributed by atoms with Gasteiger partial charge in [0.1, 0.15) is 0 Å². The van der Waals surface area contributed by atoms with Gasteiger partial charge in [-0.05, 0) is 30.9 Å². The van der Waals surface area contributed by atoms with Crippen molar-refractivity contribution in [3.63, 3.8) is 0 Å². The SMILES string of the molecule is CN(CCNC(=O)[C@@H]1CC(=O)N(CC2CC2)C1)c1ccccc1. The Bertz CT molecular complexity index is 557. The van der Waals surface area contributed by atoms with Gasteiger partial charge in [-0.3, -0.25) is 9.59 Å². The monoisotopic (exact) mass is 315 g/mol. The Morgan fingerprint density at radius 2 is 2.04 bits per heavy atom. The van der Waals surface area contributed by atoms with Gasteiger partial charge in [-0.1, -0.05) is 18.2 Å². The molecule has 0 radical (unpaired) electrons. The first-order valence-corrected chi connectivity index (χ1v) is 8.45. The summed E-state index contributed by atoms with van der Waals surface area (Å²) in [5.41, 5.74) is 1.13. The van der Waals surface area contributed by atoms with Crippen molar-refractivity contribution >= 4 is 17.5 Å². The molecule has 0 spiro atoms. The highest BCUT2D eigenvalue weighted by Gasteiger charge is 2.36. The Labute approximate surface area is 137 Å². The van der Waals surface area contributed by atoms with Crippen LogP contribution in [0.25, 0.3) is 0 Å². The van der Waals surface area contributed by atoms with Crippen molar-refractivity contribution in [1.82, 2.24) is 10.2 Å². The highest BCUT2D eigenvalue weighted by molar-refractivity contribution is 5.89. The summed E-state index contributed by atoms with van der Waals surface area (Å²) in [5, 5.41) is 2.98. The number of carbonyl (C=O) groups is 2. The van der Waals surface area contributed by atoms with E-state index >= 15 is 0 Å². The number of anilines is 1. The minimum absolute atomic E-state index is 0.0121. The van der Waals surface area contributed by atoms with Crippen LogP contribution in [0.15, 0.2) is 30.3 Å². The lowest BCUT2D eigenvalue weighted by atomic mass is 10.1. The summed E-state index contributed by atoms with van der Waals surface area (Å²) in [5.74, 6) is 0.653. The number of likely N-dealkylation sites (N-methyl/N-ethyl adjacent to an activating group) is 1. The van der Waals surface area contributed by atoms with Crippen LogP contribution in [0.1, 0.15) is 19.3 Å². The molecule has 3 rings (SSSR count). The average molecular weight is 315 g/mol. The molecule has 0 aromatic heterocycles. The maximum Gasteiger partial charge on any atom is 0.225 e. The molecule has 1 atom stereocenters. The van der Waals surface area contributed by atoms with Gasteiger partial charge in [0.05, 0.1) is 5.92 Å². The van der Waals surface area contributed by atoms with E-state index in [0.29, 0.717) is 25.4 Å². The average Bonchev–Trinajstić information content (AvgIpc) is 3.30. The number of likely N-dealkylation sites (tertiary alicyclic amines) is 1. The van der Waals surface area contributed by atoms with E-state index in [2.05, 4.69) is 10.2 Å². The van der Waals surface area contributed by atoms with Gasteiger partial charge in [-0.2, -0.15) is 0 Å². The van der Waals surface area contributed by atoms with Crippen LogP contribution in [-0.4, -0.2) is 49.9 Å². The van der Waals surface area contributed by atoms with E-state index in [1.165, 1.54) is 12.8 Å². The zero-order valence-electron chi connectivity index (χ0n) is 13.7. The number of nitrogens with one attached hydrogen (secondary N) is 1. The second-order valence-electron chi connectivity index (χ2n) is 6.69. The van der Waals surface area contributed by atoms with E-state index in [0.717, 1.165) is 18.8 Å². The molecule has 2 amide bonds. The number of rotatable bonds is 7. The minimum atomic E-state index is -0.178. The minimum Gasteiger partial charge on any atom is -0.373 e. The van der Waals surface area contributed by atoms with Crippen molar-refractivity contribution in [2.75, 3.05) is 38.1 Å². The van der Waals surface area contributed by atoms with Crippen molar-refractivity contribution in [3.05, 3.63) is 30.3 Å².